The number of rotatable bonds is 5. The molecule has 2 aliphatic heterocycles. The Hall–Kier alpha value is -2.58. The Bertz CT molecular complexity index is 895. The summed E-state index contributed by atoms with van der Waals surface area (Å²) < 4.78 is 16.3. The molecule has 0 saturated carbocycles. The van der Waals surface area contributed by atoms with Gasteiger partial charge in [0.05, 0.1) is 38.2 Å². The molecule has 1 aromatic carbocycles. The number of hydrogen-bond acceptors (Lipinski definition) is 6. The maximum Gasteiger partial charge on any atom is 0.263 e. The van der Waals surface area contributed by atoms with Crippen molar-refractivity contribution < 1.29 is 23.8 Å². The summed E-state index contributed by atoms with van der Waals surface area (Å²) in [5.74, 6) is 0.933. The molecule has 0 spiro atoms. The summed E-state index contributed by atoms with van der Waals surface area (Å²) in [6, 6.07) is 9.34. The maximum absolute atomic E-state index is 13.4. The largest absolute Gasteiger partial charge is 0.497 e. The molecule has 3 heterocycles. The fourth-order valence-corrected chi connectivity index (χ4v) is 4.92. The molecule has 2 aromatic rings. The first kappa shape index (κ1) is 20.7. The third kappa shape index (κ3) is 4.02. The van der Waals surface area contributed by atoms with Crippen molar-refractivity contribution in [2.75, 3.05) is 53.6 Å². The van der Waals surface area contributed by atoms with E-state index in [1.807, 2.05) is 40.6 Å². The highest BCUT2D eigenvalue weighted by Crippen LogP contribution is 2.40. The van der Waals surface area contributed by atoms with Crippen LogP contribution >= 0.6 is 11.3 Å². The lowest BCUT2D eigenvalue weighted by molar-refractivity contribution is -0.139. The van der Waals surface area contributed by atoms with E-state index in [9.17, 15) is 9.59 Å². The molecule has 7 nitrogen and oxygen atoms in total. The van der Waals surface area contributed by atoms with E-state index in [1.54, 1.807) is 19.1 Å². The van der Waals surface area contributed by atoms with Crippen LogP contribution in [-0.4, -0.2) is 75.2 Å². The van der Waals surface area contributed by atoms with E-state index in [0.29, 0.717) is 55.8 Å². The fraction of sp³-hybridized carbons (Fsp3) is 0.455. The minimum atomic E-state index is -0.325. The number of benzene rings is 1. The Kier molecular flexibility index (Phi) is 6.24. The van der Waals surface area contributed by atoms with Crippen molar-refractivity contribution >= 4 is 23.2 Å². The first-order valence-electron chi connectivity index (χ1n) is 10.0. The van der Waals surface area contributed by atoms with Gasteiger partial charge in [0.25, 0.3) is 5.91 Å². The van der Waals surface area contributed by atoms with Gasteiger partial charge in [0.15, 0.2) is 0 Å². The average Bonchev–Trinajstić information content (AvgIpc) is 3.49. The second kappa shape index (κ2) is 9.06. The van der Waals surface area contributed by atoms with Crippen LogP contribution in [0.4, 0.5) is 0 Å². The number of nitrogens with zero attached hydrogens (tertiary/aromatic N) is 2. The highest BCUT2D eigenvalue weighted by molar-refractivity contribution is 7.12. The molecule has 0 aliphatic carbocycles. The molecule has 0 N–H and O–H groups in total. The molecular formula is C22H26N2O5S. The maximum atomic E-state index is 13.4. The SMILES string of the molecule is COc1ccc([C@H]2CN(C(=O)c3cccs3)C[C@@H]2C(=O)N2CCOCC2)c(OC)c1. The van der Waals surface area contributed by atoms with Gasteiger partial charge < -0.3 is 24.0 Å². The predicted molar refractivity (Wildman–Crippen MR) is 113 cm³/mol. The van der Waals surface area contributed by atoms with Crippen LogP contribution in [-0.2, 0) is 9.53 Å². The molecule has 1 aromatic heterocycles. The van der Waals surface area contributed by atoms with Crippen molar-refractivity contribution in [2.45, 2.75) is 5.92 Å². The quantitative estimate of drug-likeness (QED) is 0.729. The number of amides is 2. The lowest BCUT2D eigenvalue weighted by atomic mass is 9.87. The molecule has 2 fully saturated rings. The monoisotopic (exact) mass is 430 g/mol. The van der Waals surface area contributed by atoms with Crippen LogP contribution in [0.5, 0.6) is 11.5 Å². The van der Waals surface area contributed by atoms with E-state index in [-0.39, 0.29) is 23.7 Å². The van der Waals surface area contributed by atoms with Gasteiger partial charge in [-0.2, -0.15) is 0 Å². The van der Waals surface area contributed by atoms with Crippen LogP contribution < -0.4 is 9.47 Å². The van der Waals surface area contributed by atoms with Gasteiger partial charge in [-0.1, -0.05) is 12.1 Å². The lowest BCUT2D eigenvalue weighted by Gasteiger charge is -2.31. The van der Waals surface area contributed by atoms with Crippen molar-refractivity contribution in [2.24, 2.45) is 5.92 Å². The lowest BCUT2D eigenvalue weighted by Crippen LogP contribution is -2.45. The van der Waals surface area contributed by atoms with Crippen LogP contribution in [0, 0.1) is 5.92 Å². The van der Waals surface area contributed by atoms with Crippen LogP contribution in [0.1, 0.15) is 21.2 Å². The molecule has 2 atom stereocenters. The van der Waals surface area contributed by atoms with Crippen molar-refractivity contribution in [1.29, 1.82) is 0 Å². The van der Waals surface area contributed by atoms with E-state index in [1.165, 1.54) is 11.3 Å². The van der Waals surface area contributed by atoms with Crippen LogP contribution in [0.15, 0.2) is 35.7 Å². The van der Waals surface area contributed by atoms with Crippen LogP contribution in [0.25, 0.3) is 0 Å². The number of carbonyl (C=O) groups excluding carboxylic acids is 2. The standard InChI is InChI=1S/C22H26N2O5S/c1-27-15-5-6-16(19(12-15)28-2)17-13-24(22(26)20-4-3-11-30-20)14-18(17)21(25)23-7-9-29-10-8-23/h3-6,11-12,17-18H,7-10,13-14H2,1-2H3/t17-,18+/m1/s1. The average molecular weight is 431 g/mol. The fourth-order valence-electron chi connectivity index (χ4n) is 4.23. The van der Waals surface area contributed by atoms with Gasteiger partial charge in [-0.25, -0.2) is 0 Å². The highest BCUT2D eigenvalue weighted by Gasteiger charge is 2.43. The van der Waals surface area contributed by atoms with Gasteiger partial charge in [0.2, 0.25) is 5.91 Å². The molecule has 160 valence electrons. The second-order valence-electron chi connectivity index (χ2n) is 7.45. The molecule has 2 aliphatic rings. The van der Waals surface area contributed by atoms with Crippen molar-refractivity contribution in [1.82, 2.24) is 9.80 Å². The minimum Gasteiger partial charge on any atom is -0.497 e. The number of ether oxygens (including phenoxy) is 3. The van der Waals surface area contributed by atoms with E-state index in [4.69, 9.17) is 14.2 Å². The van der Waals surface area contributed by atoms with Gasteiger partial charge in [-0.3, -0.25) is 9.59 Å². The van der Waals surface area contributed by atoms with E-state index in [0.717, 1.165) is 5.56 Å². The number of likely N-dealkylation sites (tertiary alicyclic amines) is 1. The normalized spacial score (nSPS) is 21.5. The summed E-state index contributed by atoms with van der Waals surface area (Å²) in [7, 11) is 3.22. The van der Waals surface area contributed by atoms with Gasteiger partial charge >= 0.3 is 0 Å². The van der Waals surface area contributed by atoms with Gasteiger partial charge in [0.1, 0.15) is 11.5 Å². The van der Waals surface area contributed by atoms with Gasteiger partial charge in [0, 0.05) is 43.7 Å². The Labute approximate surface area is 180 Å². The molecule has 8 heteroatoms. The Morgan fingerprint density at radius 3 is 2.53 bits per heavy atom. The third-order valence-corrected chi connectivity index (χ3v) is 6.68. The van der Waals surface area contributed by atoms with Gasteiger partial charge in [-0.15, -0.1) is 11.3 Å². The summed E-state index contributed by atoms with van der Waals surface area (Å²) in [6.45, 7) is 3.13. The minimum absolute atomic E-state index is 0.0280. The zero-order valence-electron chi connectivity index (χ0n) is 17.2. The number of thiophene rings is 1. The summed E-state index contributed by atoms with van der Waals surface area (Å²) in [6.07, 6.45) is 0. The van der Waals surface area contributed by atoms with E-state index in [2.05, 4.69) is 0 Å². The van der Waals surface area contributed by atoms with Crippen molar-refractivity contribution in [3.8, 4) is 11.5 Å². The summed E-state index contributed by atoms with van der Waals surface area (Å²) >= 11 is 1.42. The second-order valence-corrected chi connectivity index (χ2v) is 8.39. The molecule has 0 bridgehead atoms. The number of morpholine rings is 1. The molecular weight excluding hydrogens is 404 g/mol. The third-order valence-electron chi connectivity index (χ3n) is 5.82. The first-order chi connectivity index (χ1) is 14.6. The Balaban J connectivity index is 1.65. The molecule has 0 radical (unpaired) electrons. The summed E-state index contributed by atoms with van der Waals surface area (Å²) in [5.41, 5.74) is 0.923. The first-order valence-corrected chi connectivity index (χ1v) is 10.9. The van der Waals surface area contributed by atoms with Crippen molar-refractivity contribution in [3.63, 3.8) is 0 Å². The topological polar surface area (TPSA) is 68.3 Å². The summed E-state index contributed by atoms with van der Waals surface area (Å²) in [4.78, 5) is 30.8. The van der Waals surface area contributed by atoms with Crippen LogP contribution in [0.2, 0.25) is 0 Å². The number of carbonyl (C=O) groups is 2. The molecule has 4 rings (SSSR count). The van der Waals surface area contributed by atoms with Crippen molar-refractivity contribution in [3.05, 3.63) is 46.2 Å². The Morgan fingerprint density at radius 2 is 1.87 bits per heavy atom. The zero-order valence-corrected chi connectivity index (χ0v) is 18.0. The summed E-state index contributed by atoms with van der Waals surface area (Å²) in [5, 5.41) is 1.89. The molecule has 30 heavy (non-hydrogen) atoms. The smallest absolute Gasteiger partial charge is 0.263 e. The molecule has 2 saturated heterocycles. The zero-order chi connectivity index (χ0) is 21.1. The van der Waals surface area contributed by atoms with E-state index < -0.39 is 0 Å². The molecule has 2 amide bonds. The molecule has 0 unspecified atom stereocenters. The Morgan fingerprint density at radius 1 is 1.07 bits per heavy atom. The number of methoxy groups -OCH3 is 2. The highest BCUT2D eigenvalue weighted by atomic mass is 32.1. The predicted octanol–water partition coefficient (Wildman–Crippen LogP) is 2.48. The number of hydrogen-bond donors (Lipinski definition) is 0. The van der Waals surface area contributed by atoms with E-state index >= 15 is 0 Å². The van der Waals surface area contributed by atoms with Crippen LogP contribution in [0.3, 0.4) is 0 Å². The van der Waals surface area contributed by atoms with Gasteiger partial charge in [-0.05, 0) is 17.5 Å².